The third kappa shape index (κ3) is 3.53. The molecule has 0 aliphatic heterocycles. The van der Waals surface area contributed by atoms with Crippen LogP contribution in [0.5, 0.6) is 0 Å². The largest absolute Gasteiger partial charge is 0.504 e. The van der Waals surface area contributed by atoms with E-state index in [0.29, 0.717) is 6.20 Å². The summed E-state index contributed by atoms with van der Waals surface area (Å²) < 4.78 is 25.4. The monoisotopic (exact) mass is 313 g/mol. The first-order chi connectivity index (χ1) is 9.71. The van der Waals surface area contributed by atoms with Gasteiger partial charge in [-0.2, -0.15) is 4.31 Å². The van der Waals surface area contributed by atoms with Gasteiger partial charge in [-0.15, -0.1) is 0 Å². The van der Waals surface area contributed by atoms with Gasteiger partial charge in [-0.25, -0.2) is 8.42 Å². The summed E-state index contributed by atoms with van der Waals surface area (Å²) in [5.74, 6) is -0.453. The van der Waals surface area contributed by atoms with Gasteiger partial charge < -0.3 is 5.11 Å². The van der Waals surface area contributed by atoms with E-state index in [4.69, 9.17) is 5.39 Å². The fraction of sp³-hybridized carbons (Fsp3) is 0.273. The number of likely N-dealkylation sites (N-methyl/N-ethyl adjacent to an activating group) is 1. The van der Waals surface area contributed by atoms with Gasteiger partial charge in [-0.05, 0) is 19.1 Å². The molecule has 0 amide bonds. The second-order valence-electron chi connectivity index (χ2n) is 4.12. The number of aliphatic hydroxyl groups excluding tert-OH is 1. The zero-order valence-electron chi connectivity index (χ0n) is 11.2. The molecule has 1 aromatic rings. The van der Waals surface area contributed by atoms with E-state index in [0.717, 1.165) is 28.6 Å². The van der Waals surface area contributed by atoms with E-state index in [2.05, 4.69) is 4.98 Å². The Kier molecular flexibility index (Phi) is 4.96. The topological polar surface area (TPSA) is 129 Å². The summed E-state index contributed by atoms with van der Waals surface area (Å²) in [6, 6.07) is 3.39. The Balaban J connectivity index is 3.13. The molecule has 10 heteroatoms. The fourth-order valence-electron chi connectivity index (χ4n) is 1.47. The van der Waals surface area contributed by atoms with E-state index in [1.807, 2.05) is 0 Å². The lowest BCUT2D eigenvalue weighted by molar-refractivity contribution is -0.384. The summed E-state index contributed by atoms with van der Waals surface area (Å²) in [5, 5.41) is 28.4. The van der Waals surface area contributed by atoms with Crippen molar-refractivity contribution in [1.82, 2.24) is 4.31 Å². The van der Waals surface area contributed by atoms with E-state index in [1.165, 1.54) is 14.0 Å². The molecule has 0 fully saturated rings. The van der Waals surface area contributed by atoms with Crippen LogP contribution in [0.4, 0.5) is 5.69 Å². The van der Waals surface area contributed by atoms with Crippen molar-refractivity contribution in [1.29, 1.82) is 5.39 Å². The Hall–Kier alpha value is -2.51. The highest BCUT2D eigenvalue weighted by Gasteiger charge is 2.29. The number of benzene rings is 1. The smallest absolute Gasteiger partial charge is 0.389 e. The van der Waals surface area contributed by atoms with Gasteiger partial charge in [0.25, 0.3) is 5.69 Å². The summed E-state index contributed by atoms with van der Waals surface area (Å²) in [7, 11) is -2.73. The van der Waals surface area contributed by atoms with Crippen molar-refractivity contribution in [3.63, 3.8) is 0 Å². The minimum atomic E-state index is -3.96. The number of nitro benzene ring substituents is 1. The lowest BCUT2D eigenvalue weighted by Gasteiger charge is -2.22. The first kappa shape index (κ1) is 16.5. The molecule has 0 saturated carbocycles. The number of nitro groups is 1. The van der Waals surface area contributed by atoms with E-state index < -0.39 is 26.7 Å². The first-order valence-electron chi connectivity index (χ1n) is 5.67. The highest BCUT2D eigenvalue weighted by atomic mass is 32.2. The lowest BCUT2D eigenvalue weighted by atomic mass is 10.3. The highest BCUT2D eigenvalue weighted by Crippen LogP contribution is 2.21. The molecule has 0 heterocycles. The average Bonchev–Trinajstić information content (AvgIpc) is 2.45. The van der Waals surface area contributed by atoms with Crippen LogP contribution in [0.15, 0.2) is 41.1 Å². The van der Waals surface area contributed by atoms with Crippen molar-refractivity contribution >= 4 is 15.7 Å². The second kappa shape index (κ2) is 6.29. The zero-order valence-corrected chi connectivity index (χ0v) is 12.1. The molecule has 0 unspecified atom stereocenters. The third-order valence-electron chi connectivity index (χ3n) is 2.89. The predicted octanol–water partition coefficient (Wildman–Crippen LogP) is 1.86. The average molecular weight is 313 g/mol. The predicted molar refractivity (Wildman–Crippen MR) is 73.3 cm³/mol. The second-order valence-corrected chi connectivity index (χ2v) is 6.12. The molecule has 0 bridgehead atoms. The van der Waals surface area contributed by atoms with Crippen LogP contribution in [0.1, 0.15) is 6.92 Å². The van der Waals surface area contributed by atoms with Crippen molar-refractivity contribution in [3.8, 4) is 0 Å². The summed E-state index contributed by atoms with van der Waals surface area (Å²) in [5.41, 5.74) is -0.230. The quantitative estimate of drug-likeness (QED) is 0.382. The standard InChI is InChI=1S/C11H12N4O5S/c1-8(11(16)7-13-12)14(2)21(19,20)10-5-3-9(4-6-10)15(17)18/h3-8H,1-2H3/p+1/t8-/m1/s1. The normalized spacial score (nSPS) is 13.7. The number of rotatable bonds is 5. The number of sulfonamides is 1. The van der Waals surface area contributed by atoms with Crippen LogP contribution in [0.25, 0.3) is 4.98 Å². The van der Waals surface area contributed by atoms with Crippen LogP contribution in [-0.4, -0.2) is 35.8 Å². The van der Waals surface area contributed by atoms with Crippen LogP contribution in [-0.2, 0) is 10.0 Å². The lowest BCUT2D eigenvalue weighted by Crippen LogP contribution is -2.36. The number of diazo groups is 1. The number of hydrogen-bond donors (Lipinski definition) is 1. The van der Waals surface area contributed by atoms with E-state index >= 15 is 0 Å². The molecule has 0 aliphatic carbocycles. The van der Waals surface area contributed by atoms with Gasteiger partial charge in [-0.3, -0.25) is 10.1 Å². The number of aliphatic hydroxyl groups is 1. The van der Waals surface area contributed by atoms with Gasteiger partial charge in [0.2, 0.25) is 15.4 Å². The Morgan fingerprint density at radius 2 is 2.00 bits per heavy atom. The van der Waals surface area contributed by atoms with E-state index in [-0.39, 0.29) is 10.6 Å². The SMILES string of the molecule is C[C@H](C(O)=C[N+]#N)N(C)S(=O)(=O)c1ccc([N+](=O)[O-])cc1. The van der Waals surface area contributed by atoms with Crippen LogP contribution in [0.3, 0.4) is 0 Å². The number of hydrogen-bond acceptors (Lipinski definition) is 6. The molecule has 0 spiro atoms. The first-order valence-corrected chi connectivity index (χ1v) is 7.11. The molecule has 0 radical (unpaired) electrons. The molecule has 0 saturated heterocycles. The summed E-state index contributed by atoms with van der Waals surface area (Å²) >= 11 is 0. The zero-order chi connectivity index (χ0) is 16.2. The van der Waals surface area contributed by atoms with Crippen molar-refractivity contribution in [2.75, 3.05) is 7.05 Å². The molecule has 21 heavy (non-hydrogen) atoms. The van der Waals surface area contributed by atoms with Crippen molar-refractivity contribution in [3.05, 3.63) is 51.3 Å². The van der Waals surface area contributed by atoms with E-state index in [9.17, 15) is 23.6 Å². The third-order valence-corrected chi connectivity index (χ3v) is 4.83. The maximum Gasteiger partial charge on any atom is 0.389 e. The van der Waals surface area contributed by atoms with Crippen LogP contribution in [0, 0.1) is 15.5 Å². The Labute approximate surface area is 120 Å². The molecule has 0 aliphatic rings. The summed E-state index contributed by atoms with van der Waals surface area (Å²) in [6.45, 7) is 1.39. The highest BCUT2D eigenvalue weighted by molar-refractivity contribution is 7.89. The van der Waals surface area contributed by atoms with Gasteiger partial charge in [0, 0.05) is 19.2 Å². The van der Waals surface area contributed by atoms with Gasteiger partial charge in [0.05, 0.1) is 15.9 Å². The molecule has 1 aromatic carbocycles. The molecular weight excluding hydrogens is 300 g/mol. The maximum atomic E-state index is 12.3. The van der Waals surface area contributed by atoms with Crippen LogP contribution >= 0.6 is 0 Å². The molecule has 0 aromatic heterocycles. The van der Waals surface area contributed by atoms with Crippen LogP contribution < -0.4 is 0 Å². The Bertz CT molecular complexity index is 705. The minimum absolute atomic E-state index is 0.156. The molecule has 1 atom stereocenters. The molecule has 1 N–H and O–H groups in total. The maximum absolute atomic E-state index is 12.3. The van der Waals surface area contributed by atoms with Crippen molar-refractivity contribution in [2.45, 2.75) is 17.9 Å². The van der Waals surface area contributed by atoms with Gasteiger partial charge >= 0.3 is 6.20 Å². The Morgan fingerprint density at radius 1 is 1.48 bits per heavy atom. The van der Waals surface area contributed by atoms with Gasteiger partial charge in [0.1, 0.15) is 0 Å². The summed E-state index contributed by atoms with van der Waals surface area (Å²) in [4.78, 5) is 12.4. The molecule has 112 valence electrons. The molecule has 1 rings (SSSR count). The number of non-ortho nitro benzene ring substituents is 1. The van der Waals surface area contributed by atoms with Gasteiger partial charge in [0.15, 0.2) is 10.7 Å². The van der Waals surface area contributed by atoms with Crippen molar-refractivity contribution < 1.29 is 18.4 Å². The fourth-order valence-corrected chi connectivity index (χ4v) is 2.80. The van der Waals surface area contributed by atoms with Gasteiger partial charge in [-0.1, -0.05) is 0 Å². The minimum Gasteiger partial charge on any atom is -0.504 e. The summed E-state index contributed by atoms with van der Waals surface area (Å²) in [6.07, 6.45) is 0.715. The molecule has 9 nitrogen and oxygen atoms in total. The molecular formula is C11H13N4O5S+. The van der Waals surface area contributed by atoms with Crippen molar-refractivity contribution in [2.24, 2.45) is 0 Å². The number of nitrogens with zero attached hydrogens (tertiary/aromatic N) is 4. The van der Waals surface area contributed by atoms with E-state index in [1.54, 1.807) is 0 Å². The van der Waals surface area contributed by atoms with Crippen LogP contribution in [0.2, 0.25) is 0 Å². The Morgan fingerprint density at radius 3 is 2.43 bits per heavy atom.